The predicted molar refractivity (Wildman–Crippen MR) is 77.1 cm³/mol. The second kappa shape index (κ2) is 5.52. The fourth-order valence-electron chi connectivity index (χ4n) is 2.72. The SMILES string of the molecule is O[C@H]1Cc2ccccc2[C@H]1NCc1cccc(Cl)c1F. The van der Waals surface area contributed by atoms with E-state index in [4.69, 9.17) is 11.6 Å². The maximum Gasteiger partial charge on any atom is 0.146 e. The third-order valence-corrected chi connectivity index (χ3v) is 4.04. The van der Waals surface area contributed by atoms with Crippen molar-refractivity contribution >= 4 is 11.6 Å². The fraction of sp³-hybridized carbons (Fsp3) is 0.250. The van der Waals surface area contributed by atoms with E-state index in [2.05, 4.69) is 5.32 Å². The van der Waals surface area contributed by atoms with Gasteiger partial charge >= 0.3 is 0 Å². The van der Waals surface area contributed by atoms with Gasteiger partial charge in [0.05, 0.1) is 17.2 Å². The molecule has 0 unspecified atom stereocenters. The molecule has 2 atom stereocenters. The molecule has 2 N–H and O–H groups in total. The molecule has 0 saturated heterocycles. The Hall–Kier alpha value is -1.42. The van der Waals surface area contributed by atoms with E-state index in [0.717, 1.165) is 11.1 Å². The summed E-state index contributed by atoms with van der Waals surface area (Å²) < 4.78 is 13.8. The van der Waals surface area contributed by atoms with Crippen molar-refractivity contribution in [3.05, 3.63) is 70.0 Å². The molecule has 0 spiro atoms. The molecule has 0 fully saturated rings. The molecule has 0 amide bonds. The molecule has 2 aromatic rings. The van der Waals surface area contributed by atoms with Crippen LogP contribution in [-0.2, 0) is 13.0 Å². The Morgan fingerprint density at radius 3 is 2.85 bits per heavy atom. The Bertz CT molecular complexity index is 632. The van der Waals surface area contributed by atoms with Gasteiger partial charge in [-0.05, 0) is 17.2 Å². The number of aliphatic hydroxyl groups is 1. The van der Waals surface area contributed by atoms with Gasteiger partial charge in [-0.3, -0.25) is 0 Å². The Morgan fingerprint density at radius 1 is 1.20 bits per heavy atom. The highest BCUT2D eigenvalue weighted by atomic mass is 35.5. The van der Waals surface area contributed by atoms with Gasteiger partial charge in [0.1, 0.15) is 5.82 Å². The van der Waals surface area contributed by atoms with Crippen molar-refractivity contribution in [3.8, 4) is 0 Å². The average Bonchev–Trinajstić information content (AvgIpc) is 2.76. The second-order valence-electron chi connectivity index (χ2n) is 5.04. The fourth-order valence-corrected chi connectivity index (χ4v) is 2.92. The van der Waals surface area contributed by atoms with Gasteiger partial charge in [-0.2, -0.15) is 0 Å². The number of hydrogen-bond acceptors (Lipinski definition) is 2. The molecule has 0 bridgehead atoms. The minimum atomic E-state index is -0.477. The molecule has 0 radical (unpaired) electrons. The molecule has 0 aromatic heterocycles. The minimum Gasteiger partial charge on any atom is -0.391 e. The molecule has 1 aliphatic rings. The lowest BCUT2D eigenvalue weighted by Crippen LogP contribution is -2.28. The smallest absolute Gasteiger partial charge is 0.146 e. The van der Waals surface area contributed by atoms with Gasteiger partial charge < -0.3 is 10.4 Å². The van der Waals surface area contributed by atoms with Crippen molar-refractivity contribution in [2.75, 3.05) is 0 Å². The number of nitrogens with one attached hydrogen (secondary N) is 1. The number of halogens is 2. The van der Waals surface area contributed by atoms with E-state index < -0.39 is 11.9 Å². The van der Waals surface area contributed by atoms with E-state index in [1.54, 1.807) is 12.1 Å². The monoisotopic (exact) mass is 291 g/mol. The largest absolute Gasteiger partial charge is 0.391 e. The van der Waals surface area contributed by atoms with Crippen LogP contribution in [0.1, 0.15) is 22.7 Å². The molecule has 0 heterocycles. The molecule has 3 rings (SSSR count). The molecule has 2 nitrogen and oxygen atoms in total. The predicted octanol–water partition coefficient (Wildman–Crippen LogP) is 3.23. The van der Waals surface area contributed by atoms with Crippen LogP contribution in [0.4, 0.5) is 4.39 Å². The van der Waals surface area contributed by atoms with Crippen LogP contribution >= 0.6 is 11.6 Å². The molecular weight excluding hydrogens is 277 g/mol. The van der Waals surface area contributed by atoms with E-state index >= 15 is 0 Å². The highest BCUT2D eigenvalue weighted by Crippen LogP contribution is 2.31. The van der Waals surface area contributed by atoms with Crippen molar-refractivity contribution in [2.45, 2.75) is 25.1 Å². The topological polar surface area (TPSA) is 32.3 Å². The highest BCUT2D eigenvalue weighted by molar-refractivity contribution is 6.30. The summed E-state index contributed by atoms with van der Waals surface area (Å²) in [6.07, 6.45) is 0.154. The lowest BCUT2D eigenvalue weighted by atomic mass is 10.1. The number of aliphatic hydroxyl groups excluding tert-OH is 1. The van der Waals surface area contributed by atoms with E-state index in [1.807, 2.05) is 24.3 Å². The zero-order valence-electron chi connectivity index (χ0n) is 10.8. The van der Waals surface area contributed by atoms with E-state index in [0.29, 0.717) is 18.5 Å². The Morgan fingerprint density at radius 2 is 2.00 bits per heavy atom. The first-order valence-electron chi connectivity index (χ1n) is 6.59. The lowest BCUT2D eigenvalue weighted by Gasteiger charge is -2.18. The van der Waals surface area contributed by atoms with Crippen molar-refractivity contribution in [1.29, 1.82) is 0 Å². The third-order valence-electron chi connectivity index (χ3n) is 3.75. The summed E-state index contributed by atoms with van der Waals surface area (Å²) in [7, 11) is 0. The van der Waals surface area contributed by atoms with Crippen LogP contribution < -0.4 is 5.32 Å². The standard InChI is InChI=1S/C16H15ClFNO/c17-13-7-3-5-11(15(13)18)9-19-16-12-6-2-1-4-10(12)8-14(16)20/h1-7,14,16,19-20H,8-9H2/t14-,16+/m0/s1. The van der Waals surface area contributed by atoms with Gasteiger partial charge in [-0.25, -0.2) is 4.39 Å². The first-order valence-corrected chi connectivity index (χ1v) is 6.97. The molecule has 4 heteroatoms. The maximum atomic E-state index is 13.8. The summed E-state index contributed by atoms with van der Waals surface area (Å²) in [6.45, 7) is 0.336. The Balaban J connectivity index is 1.77. The van der Waals surface area contributed by atoms with Crippen molar-refractivity contribution < 1.29 is 9.50 Å². The summed E-state index contributed by atoms with van der Waals surface area (Å²) in [5.74, 6) is -0.401. The van der Waals surface area contributed by atoms with Crippen LogP contribution in [0, 0.1) is 5.82 Å². The van der Waals surface area contributed by atoms with Crippen molar-refractivity contribution in [1.82, 2.24) is 5.32 Å². The van der Waals surface area contributed by atoms with E-state index in [-0.39, 0.29) is 11.1 Å². The first-order chi connectivity index (χ1) is 9.66. The zero-order chi connectivity index (χ0) is 14.1. The Kier molecular flexibility index (Phi) is 3.74. The molecule has 20 heavy (non-hydrogen) atoms. The molecule has 2 aromatic carbocycles. The van der Waals surface area contributed by atoms with Crippen molar-refractivity contribution in [3.63, 3.8) is 0 Å². The highest BCUT2D eigenvalue weighted by Gasteiger charge is 2.30. The zero-order valence-corrected chi connectivity index (χ0v) is 11.6. The van der Waals surface area contributed by atoms with Crippen LogP contribution in [0.3, 0.4) is 0 Å². The van der Waals surface area contributed by atoms with Crippen molar-refractivity contribution in [2.24, 2.45) is 0 Å². The van der Waals surface area contributed by atoms with Gasteiger partial charge in [0, 0.05) is 18.5 Å². The lowest BCUT2D eigenvalue weighted by molar-refractivity contribution is 0.140. The van der Waals surface area contributed by atoms with Crippen LogP contribution in [0.5, 0.6) is 0 Å². The number of fused-ring (bicyclic) bond motifs is 1. The molecular formula is C16H15ClFNO. The van der Waals surface area contributed by atoms with Crippen LogP contribution in [0.2, 0.25) is 5.02 Å². The average molecular weight is 292 g/mol. The van der Waals surface area contributed by atoms with Gasteiger partial charge in [0.2, 0.25) is 0 Å². The van der Waals surface area contributed by atoms with Gasteiger partial charge in [0.25, 0.3) is 0 Å². The number of rotatable bonds is 3. The summed E-state index contributed by atoms with van der Waals surface area (Å²) in [6, 6.07) is 12.7. The summed E-state index contributed by atoms with van der Waals surface area (Å²) in [4.78, 5) is 0. The summed E-state index contributed by atoms with van der Waals surface area (Å²) in [5, 5.41) is 13.5. The van der Waals surface area contributed by atoms with Crippen LogP contribution in [0.25, 0.3) is 0 Å². The Labute approximate surface area is 122 Å². The minimum absolute atomic E-state index is 0.122. The van der Waals surface area contributed by atoms with Gasteiger partial charge in [-0.15, -0.1) is 0 Å². The maximum absolute atomic E-state index is 13.8. The third kappa shape index (κ3) is 2.44. The quantitative estimate of drug-likeness (QED) is 0.910. The molecule has 104 valence electrons. The molecule has 0 saturated carbocycles. The molecule has 1 aliphatic carbocycles. The normalized spacial score (nSPS) is 20.9. The van der Waals surface area contributed by atoms with Gasteiger partial charge in [-0.1, -0.05) is 48.0 Å². The van der Waals surface area contributed by atoms with Gasteiger partial charge in [0.15, 0.2) is 0 Å². The summed E-state index contributed by atoms with van der Waals surface area (Å²) in [5.41, 5.74) is 2.74. The molecule has 0 aliphatic heterocycles. The second-order valence-corrected chi connectivity index (χ2v) is 5.45. The van der Waals surface area contributed by atoms with Crippen LogP contribution in [-0.4, -0.2) is 11.2 Å². The van der Waals surface area contributed by atoms with E-state index in [9.17, 15) is 9.50 Å². The number of benzene rings is 2. The first kappa shape index (κ1) is 13.6. The van der Waals surface area contributed by atoms with E-state index in [1.165, 1.54) is 6.07 Å². The van der Waals surface area contributed by atoms with Crippen LogP contribution in [0.15, 0.2) is 42.5 Å². The summed E-state index contributed by atoms with van der Waals surface area (Å²) >= 11 is 5.77. The number of hydrogen-bond donors (Lipinski definition) is 2.